The lowest BCUT2D eigenvalue weighted by molar-refractivity contribution is -0.118. The summed E-state index contributed by atoms with van der Waals surface area (Å²) in [7, 11) is 1.74. The number of amides is 1. The molecule has 3 rings (SSSR count). The van der Waals surface area contributed by atoms with Crippen LogP contribution in [-0.4, -0.2) is 49.0 Å². The van der Waals surface area contributed by atoms with E-state index in [1.807, 2.05) is 19.9 Å². The molecule has 2 N–H and O–H groups in total. The molecule has 0 aromatic heterocycles. The molecule has 3 atom stereocenters. The topological polar surface area (TPSA) is 77.2 Å². The summed E-state index contributed by atoms with van der Waals surface area (Å²) in [6.07, 6.45) is 12.6. The van der Waals surface area contributed by atoms with E-state index in [1.165, 1.54) is 36.0 Å². The number of aryl methyl sites for hydroxylation is 1. The highest BCUT2D eigenvalue weighted by molar-refractivity contribution is 6.02. The lowest BCUT2D eigenvalue weighted by Gasteiger charge is -2.39. The van der Waals surface area contributed by atoms with E-state index >= 15 is 0 Å². The fourth-order valence-electron chi connectivity index (χ4n) is 5.62. The Morgan fingerprint density at radius 3 is 2.41 bits per heavy atom. The molecule has 0 fully saturated rings. The number of amidine groups is 1. The molecule has 46 heavy (non-hydrogen) atoms. The number of nitrogens with zero attached hydrogens (tertiary/aromatic N) is 2. The first-order valence-electron chi connectivity index (χ1n) is 17.4. The van der Waals surface area contributed by atoms with Crippen LogP contribution in [0.25, 0.3) is 0 Å². The highest BCUT2D eigenvalue weighted by atomic mass is 16.5. The van der Waals surface area contributed by atoms with Gasteiger partial charge in [0.25, 0.3) is 0 Å². The van der Waals surface area contributed by atoms with Crippen molar-refractivity contribution in [1.29, 1.82) is 0 Å². The van der Waals surface area contributed by atoms with E-state index in [0.717, 1.165) is 60.7 Å². The maximum atomic E-state index is 10.2. The molecule has 0 radical (unpaired) electrons. The van der Waals surface area contributed by atoms with Crippen molar-refractivity contribution in [2.24, 2.45) is 16.6 Å². The number of rotatable bonds is 16. The van der Waals surface area contributed by atoms with E-state index in [1.54, 1.807) is 7.11 Å². The summed E-state index contributed by atoms with van der Waals surface area (Å²) in [6, 6.07) is 6.98. The van der Waals surface area contributed by atoms with Crippen molar-refractivity contribution < 1.29 is 14.3 Å². The number of primary amides is 1. The largest absolute Gasteiger partial charge is 0.489 e. The van der Waals surface area contributed by atoms with Crippen molar-refractivity contribution in [2.75, 3.05) is 20.3 Å². The van der Waals surface area contributed by atoms with Crippen LogP contribution in [0.4, 0.5) is 0 Å². The predicted molar refractivity (Wildman–Crippen MR) is 194 cm³/mol. The van der Waals surface area contributed by atoms with Crippen molar-refractivity contribution in [3.8, 4) is 17.6 Å². The summed E-state index contributed by atoms with van der Waals surface area (Å²) in [5.74, 6) is 9.14. The van der Waals surface area contributed by atoms with Gasteiger partial charge in [-0.2, -0.15) is 0 Å². The van der Waals surface area contributed by atoms with Crippen LogP contribution in [0.3, 0.4) is 0 Å². The molecule has 6 nitrogen and oxygen atoms in total. The third kappa shape index (κ3) is 12.1. The summed E-state index contributed by atoms with van der Waals surface area (Å²) in [4.78, 5) is 18.0. The molecule has 2 aliphatic rings. The molecule has 1 aromatic rings. The fourth-order valence-corrected chi connectivity index (χ4v) is 5.62. The van der Waals surface area contributed by atoms with Gasteiger partial charge in [0, 0.05) is 43.0 Å². The summed E-state index contributed by atoms with van der Waals surface area (Å²) >= 11 is 0. The Labute approximate surface area is 280 Å². The molecule has 0 spiro atoms. The van der Waals surface area contributed by atoms with E-state index < -0.39 is 0 Å². The monoisotopic (exact) mass is 631 g/mol. The number of allylic oxidation sites excluding steroid dienone is 4. The van der Waals surface area contributed by atoms with Gasteiger partial charge in [-0.15, -0.1) is 0 Å². The van der Waals surface area contributed by atoms with Crippen LogP contribution in [0.15, 0.2) is 57.8 Å². The number of benzene rings is 1. The van der Waals surface area contributed by atoms with Gasteiger partial charge in [0.05, 0.1) is 0 Å². The van der Waals surface area contributed by atoms with Gasteiger partial charge in [0.15, 0.2) is 0 Å². The van der Waals surface area contributed by atoms with Crippen LogP contribution in [0, 0.1) is 24.7 Å². The first-order valence-corrected chi connectivity index (χ1v) is 17.4. The van der Waals surface area contributed by atoms with Gasteiger partial charge in [-0.05, 0) is 80.4 Å². The first kappa shape index (κ1) is 38.9. The quantitative estimate of drug-likeness (QED) is 0.146. The summed E-state index contributed by atoms with van der Waals surface area (Å²) in [6.45, 7) is 20.8. The summed E-state index contributed by atoms with van der Waals surface area (Å²) < 4.78 is 12.3. The minimum absolute atomic E-state index is 0.195. The average molecular weight is 632 g/mol. The van der Waals surface area contributed by atoms with Gasteiger partial charge in [-0.1, -0.05) is 97.6 Å². The molecule has 1 aliphatic carbocycles. The van der Waals surface area contributed by atoms with Gasteiger partial charge < -0.3 is 20.1 Å². The smallest absolute Gasteiger partial charge is 0.217 e. The molecule has 1 aromatic carbocycles. The Hall–Kier alpha value is -3.30. The number of ether oxygens (including phenoxy) is 2. The van der Waals surface area contributed by atoms with Crippen LogP contribution in [0.2, 0.25) is 0 Å². The van der Waals surface area contributed by atoms with Gasteiger partial charge in [-0.25, -0.2) is 4.99 Å². The second kappa shape index (κ2) is 20.0. The number of hydrogen-bond donors (Lipinski definition) is 1. The van der Waals surface area contributed by atoms with E-state index in [4.69, 9.17) is 20.2 Å². The number of carbonyl (C=O) groups excluding carboxylic acids is 1. The summed E-state index contributed by atoms with van der Waals surface area (Å²) in [5, 5.41) is 0. The van der Waals surface area contributed by atoms with Crippen LogP contribution in [-0.2, 0) is 9.53 Å². The minimum atomic E-state index is -0.296. The van der Waals surface area contributed by atoms with Crippen LogP contribution >= 0.6 is 0 Å². The predicted octanol–water partition coefficient (Wildman–Crippen LogP) is 9.05. The number of unbranched alkanes of at least 4 members (excludes halogenated alkanes) is 2. The Morgan fingerprint density at radius 1 is 1.09 bits per heavy atom. The average Bonchev–Trinajstić information content (AvgIpc) is 3.21. The number of aliphatic imine (C=N–C) groups is 1. The molecule has 254 valence electrons. The molecule has 1 amide bonds. The molecule has 1 aliphatic heterocycles. The van der Waals surface area contributed by atoms with Crippen molar-refractivity contribution in [3.63, 3.8) is 0 Å². The zero-order valence-corrected chi connectivity index (χ0v) is 30.5. The van der Waals surface area contributed by atoms with E-state index in [0.29, 0.717) is 30.9 Å². The summed E-state index contributed by atoms with van der Waals surface area (Å²) in [5.41, 5.74) is 11.9. The van der Waals surface area contributed by atoms with Crippen molar-refractivity contribution >= 4 is 11.7 Å². The van der Waals surface area contributed by atoms with E-state index in [9.17, 15) is 4.79 Å². The molecule has 3 unspecified atom stereocenters. The first-order chi connectivity index (χ1) is 21.9. The standard InChI is InChI=1S/C34H48N2O2.C6H13NO/c1-9-11-12-16-30(14-10-2)36-22-29(23-38-33-21-28(24(3)4)19-18-26(33)6)27(7)35-34(36)31-20-25(5)15-13-17-32(31)37-8;1-3-5(2)4-6(7)8/h15,18-21,24,30,32H,9-12,14,16,22-23H2,1-8H3;5H,3-4H2,1-2H3,(H2,7,8). The molecular weight excluding hydrogens is 570 g/mol. The Morgan fingerprint density at radius 2 is 1.83 bits per heavy atom. The van der Waals surface area contributed by atoms with Crippen LogP contribution < -0.4 is 10.5 Å². The Bertz CT molecular complexity index is 1320. The van der Waals surface area contributed by atoms with Crippen molar-refractivity contribution in [3.05, 3.63) is 63.9 Å². The highest BCUT2D eigenvalue weighted by Crippen LogP contribution is 2.30. The SMILES string of the molecule is CCC(C)CC(N)=O.CCCCCC(CCC)N1CC(COc2cc(C(C)C)ccc2C)=C(C)N=C1C1=CC(C)=CC#CC1OC. The third-order valence-electron chi connectivity index (χ3n) is 8.82. The fraction of sp³-hybridized carbons (Fsp3) is 0.600. The maximum absolute atomic E-state index is 10.2. The second-order valence-electron chi connectivity index (χ2n) is 13.2. The minimum Gasteiger partial charge on any atom is -0.489 e. The molecule has 1 heterocycles. The van der Waals surface area contributed by atoms with Crippen LogP contribution in [0.5, 0.6) is 5.75 Å². The van der Waals surface area contributed by atoms with Crippen molar-refractivity contribution in [2.45, 2.75) is 132 Å². The van der Waals surface area contributed by atoms with E-state index in [-0.39, 0.29) is 12.0 Å². The zero-order valence-electron chi connectivity index (χ0n) is 30.5. The zero-order chi connectivity index (χ0) is 34.2. The second-order valence-corrected chi connectivity index (χ2v) is 13.2. The van der Waals surface area contributed by atoms with E-state index in [2.05, 4.69) is 89.5 Å². The van der Waals surface area contributed by atoms with Crippen LogP contribution in [0.1, 0.15) is 124 Å². The highest BCUT2D eigenvalue weighted by Gasteiger charge is 2.32. The number of methoxy groups -OCH3 is 1. The molecule has 0 saturated heterocycles. The van der Waals surface area contributed by atoms with Gasteiger partial charge in [-0.3, -0.25) is 4.79 Å². The maximum Gasteiger partial charge on any atom is 0.217 e. The lowest BCUT2D eigenvalue weighted by atomic mass is 9.96. The number of nitrogens with two attached hydrogens (primary N) is 1. The molecular formula is C40H61N3O3. The normalized spacial score (nSPS) is 17.5. The van der Waals surface area contributed by atoms with Gasteiger partial charge in [0.1, 0.15) is 24.3 Å². The molecule has 0 bridgehead atoms. The van der Waals surface area contributed by atoms with Gasteiger partial charge >= 0.3 is 0 Å². The number of carbonyl (C=O) groups is 1. The molecule has 6 heteroatoms. The Balaban J connectivity index is 0.000000812. The van der Waals surface area contributed by atoms with Crippen molar-refractivity contribution in [1.82, 2.24) is 4.90 Å². The number of hydrogen-bond acceptors (Lipinski definition) is 5. The third-order valence-corrected chi connectivity index (χ3v) is 8.82. The molecule has 0 saturated carbocycles. The lowest BCUT2D eigenvalue weighted by Crippen LogP contribution is -2.46. The van der Waals surface area contributed by atoms with Gasteiger partial charge in [0.2, 0.25) is 5.91 Å². The Kier molecular flexibility index (Phi) is 16.9.